The highest BCUT2D eigenvalue weighted by molar-refractivity contribution is 14.0. The molecule has 0 spiro atoms. The third-order valence-corrected chi connectivity index (χ3v) is 4.04. The maximum absolute atomic E-state index is 5.31. The fourth-order valence-electron chi connectivity index (χ4n) is 2.70. The number of guanidine groups is 1. The van der Waals surface area contributed by atoms with E-state index in [1.165, 1.54) is 0 Å². The first-order valence-electron chi connectivity index (χ1n) is 9.76. The van der Waals surface area contributed by atoms with Gasteiger partial charge in [-0.15, -0.1) is 24.0 Å². The molecule has 0 radical (unpaired) electrons. The number of halogens is 1. The molecule has 0 saturated heterocycles. The van der Waals surface area contributed by atoms with Crippen LogP contribution in [0.3, 0.4) is 0 Å². The van der Waals surface area contributed by atoms with Gasteiger partial charge in [0.15, 0.2) is 11.8 Å². The van der Waals surface area contributed by atoms with E-state index in [2.05, 4.69) is 86.1 Å². The molecule has 0 fully saturated rings. The standard InChI is InChI=1S/C19H38N6O.HI/c1-9-20-18(21-11-10-12-25(14(2)3)15(4)5)22-13-16-23-17(26-24-16)19(6,7)8;/h14-15H,9-13H2,1-8H3,(H2,20,21,22);1H. The zero-order valence-electron chi connectivity index (χ0n) is 18.3. The Bertz CT molecular complexity index is 543. The molecule has 0 aliphatic carbocycles. The molecule has 0 amide bonds. The molecule has 0 aliphatic heterocycles. The van der Waals surface area contributed by atoms with Crippen molar-refractivity contribution in [1.82, 2.24) is 25.7 Å². The summed E-state index contributed by atoms with van der Waals surface area (Å²) < 4.78 is 5.31. The molecule has 7 nitrogen and oxygen atoms in total. The Morgan fingerprint density at radius 2 is 1.78 bits per heavy atom. The van der Waals surface area contributed by atoms with Gasteiger partial charge in [-0.1, -0.05) is 25.9 Å². The van der Waals surface area contributed by atoms with Gasteiger partial charge in [0.25, 0.3) is 0 Å². The third kappa shape index (κ3) is 9.73. The molecule has 0 atom stereocenters. The number of hydrogen-bond acceptors (Lipinski definition) is 5. The molecule has 2 N–H and O–H groups in total. The molecule has 0 bridgehead atoms. The van der Waals surface area contributed by atoms with Gasteiger partial charge in [0, 0.05) is 37.1 Å². The van der Waals surface area contributed by atoms with Crippen LogP contribution < -0.4 is 10.6 Å². The second kappa shape index (κ2) is 12.5. The predicted molar refractivity (Wildman–Crippen MR) is 123 cm³/mol. The van der Waals surface area contributed by atoms with Crippen LogP contribution in [0.15, 0.2) is 9.52 Å². The highest BCUT2D eigenvalue weighted by Gasteiger charge is 2.21. The van der Waals surface area contributed by atoms with Gasteiger partial charge in [-0.3, -0.25) is 4.90 Å². The largest absolute Gasteiger partial charge is 0.357 e. The van der Waals surface area contributed by atoms with Crippen LogP contribution in [0.4, 0.5) is 0 Å². The molecule has 1 heterocycles. The summed E-state index contributed by atoms with van der Waals surface area (Å²) >= 11 is 0. The van der Waals surface area contributed by atoms with E-state index in [1.807, 2.05) is 0 Å². The molecular formula is C19H39IN6O. The number of aromatic nitrogens is 2. The summed E-state index contributed by atoms with van der Waals surface area (Å²) in [6.45, 7) is 20.4. The molecule has 27 heavy (non-hydrogen) atoms. The number of aliphatic imine (C=N–C) groups is 1. The van der Waals surface area contributed by atoms with E-state index >= 15 is 0 Å². The lowest BCUT2D eigenvalue weighted by Gasteiger charge is -2.30. The van der Waals surface area contributed by atoms with E-state index in [1.54, 1.807) is 0 Å². The first kappa shape index (κ1) is 26.1. The van der Waals surface area contributed by atoms with Crippen LogP contribution in [0, 0.1) is 0 Å². The molecule has 1 aromatic rings. The first-order valence-corrected chi connectivity index (χ1v) is 9.76. The maximum Gasteiger partial charge on any atom is 0.232 e. The normalized spacial score (nSPS) is 12.6. The van der Waals surface area contributed by atoms with Crippen molar-refractivity contribution in [3.63, 3.8) is 0 Å². The van der Waals surface area contributed by atoms with Gasteiger partial charge in [-0.05, 0) is 41.0 Å². The maximum atomic E-state index is 5.31. The molecule has 0 saturated carbocycles. The number of rotatable bonds is 9. The Balaban J connectivity index is 0.00000676. The van der Waals surface area contributed by atoms with Crippen molar-refractivity contribution in [2.24, 2.45) is 4.99 Å². The van der Waals surface area contributed by atoms with Crippen molar-refractivity contribution < 1.29 is 4.52 Å². The molecular weight excluding hydrogens is 455 g/mol. The highest BCUT2D eigenvalue weighted by Crippen LogP contribution is 2.19. The second-order valence-corrected chi connectivity index (χ2v) is 8.17. The predicted octanol–water partition coefficient (Wildman–Crippen LogP) is 3.55. The smallest absolute Gasteiger partial charge is 0.232 e. The summed E-state index contributed by atoms with van der Waals surface area (Å²) in [6, 6.07) is 1.12. The van der Waals surface area contributed by atoms with Crippen molar-refractivity contribution in [3.05, 3.63) is 11.7 Å². The van der Waals surface area contributed by atoms with Crippen LogP contribution >= 0.6 is 24.0 Å². The van der Waals surface area contributed by atoms with Crippen LogP contribution in [0.1, 0.15) is 73.5 Å². The minimum Gasteiger partial charge on any atom is -0.357 e. The van der Waals surface area contributed by atoms with Crippen molar-refractivity contribution in [2.45, 2.75) is 85.9 Å². The summed E-state index contributed by atoms with van der Waals surface area (Å²) in [7, 11) is 0. The molecule has 158 valence electrons. The lowest BCUT2D eigenvalue weighted by molar-refractivity contribution is 0.173. The summed E-state index contributed by atoms with van der Waals surface area (Å²) in [6.07, 6.45) is 1.07. The van der Waals surface area contributed by atoms with Gasteiger partial charge in [0.1, 0.15) is 6.54 Å². The average Bonchev–Trinajstić information content (AvgIpc) is 3.00. The van der Waals surface area contributed by atoms with E-state index < -0.39 is 0 Å². The number of nitrogens with zero attached hydrogens (tertiary/aromatic N) is 4. The Morgan fingerprint density at radius 3 is 2.26 bits per heavy atom. The molecule has 0 aliphatic rings. The summed E-state index contributed by atoms with van der Waals surface area (Å²) in [5.74, 6) is 2.04. The van der Waals surface area contributed by atoms with Crippen LogP contribution in [0.25, 0.3) is 0 Å². The van der Waals surface area contributed by atoms with Crippen molar-refractivity contribution >= 4 is 29.9 Å². The van der Waals surface area contributed by atoms with E-state index in [-0.39, 0.29) is 29.4 Å². The molecule has 1 rings (SSSR count). The first-order chi connectivity index (χ1) is 12.1. The zero-order valence-corrected chi connectivity index (χ0v) is 20.6. The minimum atomic E-state index is -0.142. The Hall–Kier alpha value is -0.900. The zero-order chi connectivity index (χ0) is 19.7. The lowest BCUT2D eigenvalue weighted by atomic mass is 9.97. The van der Waals surface area contributed by atoms with Crippen LogP contribution in [-0.4, -0.2) is 52.7 Å². The van der Waals surface area contributed by atoms with Gasteiger partial charge in [0.05, 0.1) is 0 Å². The third-order valence-electron chi connectivity index (χ3n) is 4.04. The van der Waals surface area contributed by atoms with Crippen molar-refractivity contribution in [1.29, 1.82) is 0 Å². The van der Waals surface area contributed by atoms with E-state index in [9.17, 15) is 0 Å². The van der Waals surface area contributed by atoms with Gasteiger partial charge in [0.2, 0.25) is 5.89 Å². The monoisotopic (exact) mass is 494 g/mol. The number of nitrogens with one attached hydrogen (secondary N) is 2. The van der Waals surface area contributed by atoms with E-state index in [4.69, 9.17) is 4.52 Å². The summed E-state index contributed by atoms with van der Waals surface area (Å²) in [5.41, 5.74) is -0.142. The van der Waals surface area contributed by atoms with Crippen molar-refractivity contribution in [3.8, 4) is 0 Å². The molecule has 8 heteroatoms. The molecule has 1 aromatic heterocycles. The fourth-order valence-corrected chi connectivity index (χ4v) is 2.70. The topological polar surface area (TPSA) is 78.6 Å². The van der Waals surface area contributed by atoms with Gasteiger partial charge >= 0.3 is 0 Å². The molecule has 0 unspecified atom stereocenters. The fraction of sp³-hybridized carbons (Fsp3) is 0.842. The van der Waals surface area contributed by atoms with Gasteiger partial charge in [-0.2, -0.15) is 4.98 Å². The Kier molecular flexibility index (Phi) is 12.1. The SMILES string of the molecule is CCNC(=NCc1noc(C(C)(C)C)n1)NCCCN(C(C)C)C(C)C.I. The van der Waals surface area contributed by atoms with Crippen LogP contribution in [0.5, 0.6) is 0 Å². The average molecular weight is 494 g/mol. The Morgan fingerprint density at radius 1 is 1.15 bits per heavy atom. The molecule has 0 aromatic carbocycles. The second-order valence-electron chi connectivity index (χ2n) is 8.17. The van der Waals surface area contributed by atoms with E-state index in [0.29, 0.717) is 30.3 Å². The summed E-state index contributed by atoms with van der Waals surface area (Å²) in [5, 5.41) is 10.7. The van der Waals surface area contributed by atoms with Crippen molar-refractivity contribution in [2.75, 3.05) is 19.6 Å². The number of hydrogen-bond donors (Lipinski definition) is 2. The van der Waals surface area contributed by atoms with Gasteiger partial charge in [-0.25, -0.2) is 4.99 Å². The highest BCUT2D eigenvalue weighted by atomic mass is 127. The quantitative estimate of drug-likeness (QED) is 0.237. The Labute approximate surface area is 182 Å². The minimum absolute atomic E-state index is 0. The van der Waals surface area contributed by atoms with Crippen LogP contribution in [0.2, 0.25) is 0 Å². The lowest BCUT2D eigenvalue weighted by Crippen LogP contribution is -2.41. The van der Waals surface area contributed by atoms with E-state index in [0.717, 1.165) is 32.0 Å². The van der Waals surface area contributed by atoms with Crippen LogP contribution in [-0.2, 0) is 12.0 Å². The van der Waals surface area contributed by atoms with Gasteiger partial charge < -0.3 is 15.2 Å². The summed E-state index contributed by atoms with van der Waals surface area (Å²) in [4.78, 5) is 11.5.